The Labute approximate surface area is 206 Å². The first-order chi connectivity index (χ1) is 14.5. The molecule has 31 heavy (non-hydrogen) atoms. The summed E-state index contributed by atoms with van der Waals surface area (Å²) < 4.78 is 5.40. The van der Waals surface area contributed by atoms with Gasteiger partial charge in [0.2, 0.25) is 5.91 Å². The number of aliphatic imine (C=N–C) groups is 1. The predicted octanol–water partition coefficient (Wildman–Crippen LogP) is 2.95. The number of nitrogens with zero attached hydrogens (tertiary/aromatic N) is 4. The second kappa shape index (κ2) is 12.9. The van der Waals surface area contributed by atoms with Crippen molar-refractivity contribution in [3.05, 3.63) is 59.0 Å². The summed E-state index contributed by atoms with van der Waals surface area (Å²) in [6.07, 6.45) is 2.45. The van der Waals surface area contributed by atoms with Gasteiger partial charge in [0, 0.05) is 64.8 Å². The number of hydrogen-bond donors (Lipinski definition) is 1. The van der Waals surface area contributed by atoms with Crippen LogP contribution < -0.4 is 5.32 Å². The minimum Gasteiger partial charge on any atom is -0.469 e. The molecule has 1 aliphatic heterocycles. The smallest absolute Gasteiger partial charge is 0.243 e. The van der Waals surface area contributed by atoms with Crippen LogP contribution in [0.25, 0.3) is 0 Å². The highest BCUT2D eigenvalue weighted by Gasteiger charge is 2.20. The van der Waals surface area contributed by atoms with Gasteiger partial charge in [-0.2, -0.15) is 0 Å². The number of halogens is 2. The molecule has 1 aromatic heterocycles. The van der Waals surface area contributed by atoms with Crippen LogP contribution in [0.5, 0.6) is 0 Å². The van der Waals surface area contributed by atoms with Crippen LogP contribution in [0.3, 0.4) is 0 Å². The van der Waals surface area contributed by atoms with E-state index in [1.165, 1.54) is 5.56 Å². The Hall–Kier alpha value is -1.78. The molecular weight excluding hydrogens is 529 g/mol. The van der Waals surface area contributed by atoms with Gasteiger partial charge < -0.3 is 19.5 Å². The summed E-state index contributed by atoms with van der Waals surface area (Å²) in [5.41, 5.74) is 1.26. The molecule has 0 spiro atoms. The summed E-state index contributed by atoms with van der Waals surface area (Å²) in [7, 11) is 3.49. The average molecular weight is 560 g/mol. The van der Waals surface area contributed by atoms with Crippen LogP contribution in [0.1, 0.15) is 11.3 Å². The molecule has 0 radical (unpaired) electrons. The standard InChI is InChI=1S/C22H30ClN5O2.HI/c1-26(2)21(29)16-25-22(24-10-9-20-4-3-15-30-20)28-13-11-27(12-14-28)17-18-5-7-19(23)8-6-18;/h3-8,15H,9-14,16-17H2,1-2H3,(H,24,25);1H. The molecule has 9 heteroatoms. The van der Waals surface area contributed by atoms with E-state index in [0.29, 0.717) is 6.54 Å². The van der Waals surface area contributed by atoms with Gasteiger partial charge in [0.1, 0.15) is 12.3 Å². The number of rotatable bonds is 7. The van der Waals surface area contributed by atoms with Crippen LogP contribution in [-0.2, 0) is 17.8 Å². The van der Waals surface area contributed by atoms with Crippen molar-refractivity contribution in [2.24, 2.45) is 4.99 Å². The van der Waals surface area contributed by atoms with E-state index >= 15 is 0 Å². The van der Waals surface area contributed by atoms with E-state index in [4.69, 9.17) is 16.0 Å². The largest absolute Gasteiger partial charge is 0.469 e. The van der Waals surface area contributed by atoms with Gasteiger partial charge in [-0.05, 0) is 29.8 Å². The lowest BCUT2D eigenvalue weighted by Crippen LogP contribution is -2.52. The number of nitrogens with one attached hydrogen (secondary N) is 1. The number of guanidine groups is 1. The van der Waals surface area contributed by atoms with Crippen molar-refractivity contribution in [3.8, 4) is 0 Å². The SMILES string of the molecule is CN(C)C(=O)CN=C(NCCc1ccco1)N1CCN(Cc2ccc(Cl)cc2)CC1.I. The Balaban J connectivity index is 0.00000341. The third kappa shape index (κ3) is 8.34. The third-order valence-electron chi connectivity index (χ3n) is 5.09. The van der Waals surface area contributed by atoms with Gasteiger partial charge >= 0.3 is 0 Å². The Bertz CT molecular complexity index is 819. The number of hydrogen-bond acceptors (Lipinski definition) is 4. The minimum absolute atomic E-state index is 0. The minimum atomic E-state index is -0.0123. The number of likely N-dealkylation sites (N-methyl/N-ethyl adjacent to an activating group) is 1. The summed E-state index contributed by atoms with van der Waals surface area (Å²) in [5.74, 6) is 1.70. The summed E-state index contributed by atoms with van der Waals surface area (Å²) in [5, 5.41) is 4.17. The number of furan rings is 1. The number of carbonyl (C=O) groups excluding carboxylic acids is 1. The van der Waals surface area contributed by atoms with Gasteiger partial charge in [0.25, 0.3) is 0 Å². The van der Waals surface area contributed by atoms with Crippen LogP contribution >= 0.6 is 35.6 Å². The number of piperazine rings is 1. The molecule has 3 rings (SSSR count). The molecule has 0 saturated carbocycles. The molecule has 7 nitrogen and oxygen atoms in total. The molecule has 1 fully saturated rings. The van der Waals surface area contributed by atoms with Crippen LogP contribution in [-0.4, -0.2) is 79.9 Å². The van der Waals surface area contributed by atoms with Crippen molar-refractivity contribution < 1.29 is 9.21 Å². The van der Waals surface area contributed by atoms with Gasteiger partial charge in [0.05, 0.1) is 6.26 Å². The molecule has 1 saturated heterocycles. The van der Waals surface area contributed by atoms with Crippen molar-refractivity contribution in [2.75, 3.05) is 53.4 Å². The average Bonchev–Trinajstić information content (AvgIpc) is 3.26. The maximum absolute atomic E-state index is 12.0. The first-order valence-electron chi connectivity index (χ1n) is 10.2. The third-order valence-corrected chi connectivity index (χ3v) is 5.34. The fraction of sp³-hybridized carbons (Fsp3) is 0.455. The van der Waals surface area contributed by atoms with E-state index in [2.05, 4.69) is 32.2 Å². The first-order valence-corrected chi connectivity index (χ1v) is 10.6. The topological polar surface area (TPSA) is 64.3 Å². The summed E-state index contributed by atoms with van der Waals surface area (Å²) in [6, 6.07) is 11.9. The lowest BCUT2D eigenvalue weighted by Gasteiger charge is -2.36. The monoisotopic (exact) mass is 559 g/mol. The highest BCUT2D eigenvalue weighted by Crippen LogP contribution is 2.13. The van der Waals surface area contributed by atoms with Crippen LogP contribution in [0, 0.1) is 0 Å². The fourth-order valence-corrected chi connectivity index (χ4v) is 3.40. The predicted molar refractivity (Wildman–Crippen MR) is 135 cm³/mol. The normalized spacial score (nSPS) is 14.8. The second-order valence-corrected chi connectivity index (χ2v) is 8.01. The van der Waals surface area contributed by atoms with Crippen molar-refractivity contribution in [3.63, 3.8) is 0 Å². The van der Waals surface area contributed by atoms with Crippen molar-refractivity contribution in [2.45, 2.75) is 13.0 Å². The van der Waals surface area contributed by atoms with Gasteiger partial charge in [-0.3, -0.25) is 9.69 Å². The Morgan fingerprint density at radius 3 is 2.48 bits per heavy atom. The molecule has 1 N–H and O–H groups in total. The van der Waals surface area contributed by atoms with Crippen molar-refractivity contribution in [1.82, 2.24) is 20.0 Å². The molecule has 170 valence electrons. The summed E-state index contributed by atoms with van der Waals surface area (Å²) in [6.45, 7) is 5.33. The zero-order valence-electron chi connectivity index (χ0n) is 18.1. The zero-order valence-corrected chi connectivity index (χ0v) is 21.2. The van der Waals surface area contributed by atoms with E-state index in [0.717, 1.165) is 55.9 Å². The molecule has 1 aliphatic rings. The van der Waals surface area contributed by atoms with E-state index in [9.17, 15) is 4.79 Å². The van der Waals surface area contributed by atoms with Gasteiger partial charge in [-0.25, -0.2) is 4.99 Å². The lowest BCUT2D eigenvalue weighted by molar-refractivity contribution is -0.127. The first kappa shape index (κ1) is 25.5. The Kier molecular flexibility index (Phi) is 10.6. The van der Waals surface area contributed by atoms with Crippen molar-refractivity contribution in [1.29, 1.82) is 0 Å². The van der Waals surface area contributed by atoms with E-state index in [-0.39, 0.29) is 36.4 Å². The molecule has 1 aromatic carbocycles. The van der Waals surface area contributed by atoms with Crippen LogP contribution in [0.4, 0.5) is 0 Å². The molecule has 0 aliphatic carbocycles. The second-order valence-electron chi connectivity index (χ2n) is 7.57. The van der Waals surface area contributed by atoms with Crippen LogP contribution in [0.2, 0.25) is 5.02 Å². The molecule has 0 atom stereocenters. The molecule has 1 amide bonds. The molecule has 2 heterocycles. The number of benzene rings is 1. The fourth-order valence-electron chi connectivity index (χ4n) is 3.27. The molecule has 2 aromatic rings. The van der Waals surface area contributed by atoms with E-state index in [1.54, 1.807) is 25.3 Å². The zero-order chi connectivity index (χ0) is 21.3. The summed E-state index contributed by atoms with van der Waals surface area (Å²) in [4.78, 5) is 22.8. The van der Waals surface area contributed by atoms with Gasteiger partial charge in [-0.15, -0.1) is 24.0 Å². The van der Waals surface area contributed by atoms with Gasteiger partial charge in [-0.1, -0.05) is 23.7 Å². The number of carbonyl (C=O) groups is 1. The Morgan fingerprint density at radius 2 is 1.87 bits per heavy atom. The molecule has 0 bridgehead atoms. The summed E-state index contributed by atoms with van der Waals surface area (Å²) >= 11 is 5.98. The van der Waals surface area contributed by atoms with E-state index < -0.39 is 0 Å². The number of amides is 1. The maximum Gasteiger partial charge on any atom is 0.243 e. The van der Waals surface area contributed by atoms with Gasteiger partial charge in [0.15, 0.2) is 5.96 Å². The van der Waals surface area contributed by atoms with Crippen LogP contribution in [0.15, 0.2) is 52.1 Å². The van der Waals surface area contributed by atoms with Crippen molar-refractivity contribution >= 4 is 47.4 Å². The Morgan fingerprint density at radius 1 is 1.16 bits per heavy atom. The molecule has 0 unspecified atom stereocenters. The quantitative estimate of drug-likeness (QED) is 0.321. The maximum atomic E-state index is 12.0. The molecular formula is C22H31ClIN5O2. The highest BCUT2D eigenvalue weighted by atomic mass is 127. The van der Waals surface area contributed by atoms with E-state index in [1.807, 2.05) is 24.3 Å². The lowest BCUT2D eigenvalue weighted by atomic mass is 10.2. The highest BCUT2D eigenvalue weighted by molar-refractivity contribution is 14.0.